The summed E-state index contributed by atoms with van der Waals surface area (Å²) in [6.45, 7) is 4.45. The van der Waals surface area contributed by atoms with Gasteiger partial charge in [-0.25, -0.2) is 18.4 Å². The average molecular weight is 447 g/mol. The number of aromatic amines is 1. The van der Waals surface area contributed by atoms with E-state index >= 15 is 0 Å². The van der Waals surface area contributed by atoms with Gasteiger partial charge >= 0.3 is 0 Å². The van der Waals surface area contributed by atoms with Crippen molar-refractivity contribution in [3.63, 3.8) is 0 Å². The lowest BCUT2D eigenvalue weighted by molar-refractivity contribution is 0.0922. The van der Waals surface area contributed by atoms with Crippen molar-refractivity contribution in [2.24, 2.45) is 0 Å². The Labute approximate surface area is 181 Å². The summed E-state index contributed by atoms with van der Waals surface area (Å²) in [4.78, 5) is 10.9. The van der Waals surface area contributed by atoms with E-state index in [1.165, 1.54) is 16.9 Å². The molecule has 0 spiro atoms. The molecule has 3 aromatic rings. The number of rotatable bonds is 7. The van der Waals surface area contributed by atoms with Gasteiger partial charge in [0.25, 0.3) is 0 Å². The van der Waals surface area contributed by atoms with Crippen molar-refractivity contribution >= 4 is 26.7 Å². The van der Waals surface area contributed by atoms with Crippen LogP contribution in [0, 0.1) is 0 Å². The standard InChI is InChI=1S/C20H26N6O4S/c1-14(12-29-2)30-15-4-5-17-16(10-15)20(24-23-17)18-11-19(22-13-21-18)25-6-8-26(9-7-25)31(3,27)28/h4-5,10-11,13-14H,6-9,12H2,1-3H3,(H,23,24). The molecular weight excluding hydrogens is 420 g/mol. The van der Waals surface area contributed by atoms with E-state index in [0.717, 1.165) is 22.5 Å². The lowest BCUT2D eigenvalue weighted by atomic mass is 10.1. The summed E-state index contributed by atoms with van der Waals surface area (Å²) in [5.74, 6) is 1.47. The second kappa shape index (κ2) is 8.77. The molecule has 1 fully saturated rings. The van der Waals surface area contributed by atoms with Gasteiger partial charge in [-0.15, -0.1) is 0 Å². The second-order valence-corrected chi connectivity index (χ2v) is 9.56. The molecule has 166 valence electrons. The van der Waals surface area contributed by atoms with E-state index in [0.29, 0.717) is 44.2 Å². The average Bonchev–Trinajstić information content (AvgIpc) is 3.17. The van der Waals surface area contributed by atoms with Crippen LogP contribution in [0.3, 0.4) is 0 Å². The number of H-pyrrole nitrogens is 1. The summed E-state index contributed by atoms with van der Waals surface area (Å²) in [6, 6.07) is 7.64. The smallest absolute Gasteiger partial charge is 0.211 e. The molecule has 1 aliphatic rings. The largest absolute Gasteiger partial charge is 0.488 e. The molecule has 2 aromatic heterocycles. The molecular formula is C20H26N6O4S. The van der Waals surface area contributed by atoms with Crippen LogP contribution in [0.5, 0.6) is 5.75 Å². The number of sulfonamides is 1. The fourth-order valence-electron chi connectivity index (χ4n) is 3.66. The van der Waals surface area contributed by atoms with E-state index in [9.17, 15) is 8.42 Å². The molecule has 0 aliphatic carbocycles. The highest BCUT2D eigenvalue weighted by molar-refractivity contribution is 7.88. The maximum Gasteiger partial charge on any atom is 0.211 e. The van der Waals surface area contributed by atoms with Crippen molar-refractivity contribution in [1.29, 1.82) is 0 Å². The number of nitrogens with one attached hydrogen (secondary N) is 1. The van der Waals surface area contributed by atoms with Crippen molar-refractivity contribution in [2.45, 2.75) is 13.0 Å². The third-order valence-electron chi connectivity index (χ3n) is 5.20. The van der Waals surface area contributed by atoms with Crippen LogP contribution in [-0.4, -0.2) is 85.1 Å². The van der Waals surface area contributed by atoms with Gasteiger partial charge in [-0.1, -0.05) is 0 Å². The Morgan fingerprint density at radius 3 is 2.65 bits per heavy atom. The van der Waals surface area contributed by atoms with E-state index in [1.54, 1.807) is 7.11 Å². The van der Waals surface area contributed by atoms with Gasteiger partial charge in [0, 0.05) is 44.7 Å². The first kappa shape index (κ1) is 21.5. The van der Waals surface area contributed by atoms with Crippen LogP contribution in [-0.2, 0) is 14.8 Å². The zero-order valence-electron chi connectivity index (χ0n) is 17.8. The molecule has 1 aliphatic heterocycles. The Morgan fingerprint density at radius 2 is 1.94 bits per heavy atom. The Bertz CT molecular complexity index is 1160. The van der Waals surface area contributed by atoms with Gasteiger partial charge in [-0.3, -0.25) is 5.10 Å². The van der Waals surface area contributed by atoms with Gasteiger partial charge in [0.05, 0.1) is 24.1 Å². The van der Waals surface area contributed by atoms with Gasteiger partial charge in [0.1, 0.15) is 29.7 Å². The van der Waals surface area contributed by atoms with Gasteiger partial charge < -0.3 is 14.4 Å². The van der Waals surface area contributed by atoms with Crippen molar-refractivity contribution in [1.82, 2.24) is 24.5 Å². The Morgan fingerprint density at radius 1 is 1.16 bits per heavy atom. The van der Waals surface area contributed by atoms with Crippen LogP contribution in [0.4, 0.5) is 5.82 Å². The molecule has 1 aromatic carbocycles. The van der Waals surface area contributed by atoms with Crippen LogP contribution in [0.2, 0.25) is 0 Å². The second-order valence-electron chi connectivity index (χ2n) is 7.57. The summed E-state index contributed by atoms with van der Waals surface area (Å²) in [6.07, 6.45) is 2.67. The van der Waals surface area contributed by atoms with E-state index in [1.807, 2.05) is 31.2 Å². The zero-order chi connectivity index (χ0) is 22.0. The van der Waals surface area contributed by atoms with Gasteiger partial charge in [-0.2, -0.15) is 9.40 Å². The summed E-state index contributed by atoms with van der Waals surface area (Å²) in [7, 11) is -1.53. The molecule has 4 rings (SSSR count). The van der Waals surface area contributed by atoms with Crippen LogP contribution in [0.1, 0.15) is 6.92 Å². The number of aromatic nitrogens is 4. The third-order valence-corrected chi connectivity index (χ3v) is 6.50. The minimum absolute atomic E-state index is 0.0749. The molecule has 0 bridgehead atoms. The first-order chi connectivity index (χ1) is 14.8. The summed E-state index contributed by atoms with van der Waals surface area (Å²) in [5, 5.41) is 8.38. The Balaban J connectivity index is 1.58. The summed E-state index contributed by atoms with van der Waals surface area (Å²) >= 11 is 0. The molecule has 1 atom stereocenters. The number of anilines is 1. The number of fused-ring (bicyclic) bond motifs is 1. The molecule has 1 N–H and O–H groups in total. The van der Waals surface area contributed by atoms with E-state index in [-0.39, 0.29) is 6.10 Å². The van der Waals surface area contributed by atoms with Crippen LogP contribution < -0.4 is 9.64 Å². The molecule has 31 heavy (non-hydrogen) atoms. The quantitative estimate of drug-likeness (QED) is 0.581. The molecule has 10 nitrogen and oxygen atoms in total. The highest BCUT2D eigenvalue weighted by atomic mass is 32.2. The van der Waals surface area contributed by atoms with Gasteiger partial charge in [0.2, 0.25) is 10.0 Å². The highest BCUT2D eigenvalue weighted by Gasteiger charge is 2.24. The zero-order valence-corrected chi connectivity index (χ0v) is 18.6. The third kappa shape index (κ3) is 4.78. The topological polar surface area (TPSA) is 114 Å². The minimum Gasteiger partial charge on any atom is -0.488 e. The number of hydrogen-bond donors (Lipinski definition) is 1. The van der Waals surface area contributed by atoms with Crippen molar-refractivity contribution in [2.75, 3.05) is 51.1 Å². The fourth-order valence-corrected chi connectivity index (χ4v) is 4.49. The Hall–Kier alpha value is -2.76. The Kier molecular flexibility index (Phi) is 6.08. The first-order valence-corrected chi connectivity index (χ1v) is 11.9. The van der Waals surface area contributed by atoms with Crippen LogP contribution >= 0.6 is 0 Å². The summed E-state index contributed by atoms with van der Waals surface area (Å²) in [5.41, 5.74) is 2.27. The first-order valence-electron chi connectivity index (χ1n) is 10.0. The predicted octanol–water partition coefficient (Wildman–Crippen LogP) is 1.52. The van der Waals surface area contributed by atoms with Crippen LogP contribution in [0.25, 0.3) is 22.3 Å². The van der Waals surface area contributed by atoms with E-state index < -0.39 is 10.0 Å². The fraction of sp³-hybridized carbons (Fsp3) is 0.450. The summed E-state index contributed by atoms with van der Waals surface area (Å²) < 4.78 is 36.0. The number of methoxy groups -OCH3 is 1. The van der Waals surface area contributed by atoms with E-state index in [2.05, 4.69) is 25.1 Å². The lowest BCUT2D eigenvalue weighted by Gasteiger charge is -2.33. The van der Waals surface area contributed by atoms with Crippen molar-refractivity contribution in [3.05, 3.63) is 30.6 Å². The predicted molar refractivity (Wildman–Crippen MR) is 118 cm³/mol. The molecule has 0 saturated carbocycles. The number of hydrogen-bond acceptors (Lipinski definition) is 8. The van der Waals surface area contributed by atoms with Crippen molar-refractivity contribution in [3.8, 4) is 17.1 Å². The number of benzene rings is 1. The lowest BCUT2D eigenvalue weighted by Crippen LogP contribution is -2.48. The van der Waals surface area contributed by atoms with Crippen molar-refractivity contribution < 1.29 is 17.9 Å². The number of nitrogens with zero attached hydrogens (tertiary/aromatic N) is 5. The maximum absolute atomic E-state index is 11.7. The molecule has 3 heterocycles. The normalized spacial score (nSPS) is 16.5. The van der Waals surface area contributed by atoms with Crippen LogP contribution in [0.15, 0.2) is 30.6 Å². The number of ether oxygens (including phenoxy) is 2. The minimum atomic E-state index is -3.18. The molecule has 0 radical (unpaired) electrons. The van der Waals surface area contributed by atoms with Gasteiger partial charge in [0.15, 0.2) is 0 Å². The molecule has 1 saturated heterocycles. The van der Waals surface area contributed by atoms with E-state index in [4.69, 9.17) is 9.47 Å². The SMILES string of the molecule is COCC(C)Oc1ccc2[nH]nc(-c3cc(N4CCN(S(C)(=O)=O)CC4)ncn3)c2c1. The molecule has 1 unspecified atom stereocenters. The highest BCUT2D eigenvalue weighted by Crippen LogP contribution is 2.30. The maximum atomic E-state index is 11.7. The number of piperazine rings is 1. The van der Waals surface area contributed by atoms with Gasteiger partial charge in [-0.05, 0) is 25.1 Å². The molecule has 0 amide bonds. The molecule has 11 heteroatoms. The monoisotopic (exact) mass is 446 g/mol.